The molecule has 0 radical (unpaired) electrons. The van der Waals surface area contributed by atoms with Crippen molar-refractivity contribution in [3.63, 3.8) is 0 Å². The smallest absolute Gasteiger partial charge is 0.244 e. The molecule has 0 saturated carbocycles. The van der Waals surface area contributed by atoms with Gasteiger partial charge in [-0.3, -0.25) is 0 Å². The highest BCUT2D eigenvalue weighted by Gasteiger charge is 2.29. The third kappa shape index (κ3) is 3.71. The maximum Gasteiger partial charge on any atom is 0.244 e. The van der Waals surface area contributed by atoms with Crippen molar-refractivity contribution < 1.29 is 13.2 Å². The topological polar surface area (TPSA) is 81.4 Å². The predicted octanol–water partition coefficient (Wildman–Crippen LogP) is 2.01. The lowest BCUT2D eigenvalue weighted by Crippen LogP contribution is -2.44. The highest BCUT2D eigenvalue weighted by atomic mass is 32.2. The van der Waals surface area contributed by atoms with Crippen LogP contribution in [0.3, 0.4) is 0 Å². The number of nitrogens with one attached hydrogen (secondary N) is 1. The van der Waals surface area contributed by atoms with Crippen LogP contribution in [0.5, 0.6) is 5.75 Å². The molecule has 0 atom stereocenters. The van der Waals surface area contributed by atoms with Gasteiger partial charge in [0.2, 0.25) is 10.0 Å². The van der Waals surface area contributed by atoms with E-state index in [1.165, 1.54) is 13.2 Å². The first-order valence-corrected chi connectivity index (χ1v) is 8.21. The third-order valence-corrected chi connectivity index (χ3v) is 5.37. The molecule has 6 heteroatoms. The third-order valence-electron chi connectivity index (χ3n) is 3.69. The van der Waals surface area contributed by atoms with Gasteiger partial charge in [-0.25, -0.2) is 13.1 Å². The second-order valence-electron chi connectivity index (χ2n) is 5.06. The zero-order valence-corrected chi connectivity index (χ0v) is 13.4. The van der Waals surface area contributed by atoms with Crippen LogP contribution in [-0.4, -0.2) is 21.1 Å². The van der Waals surface area contributed by atoms with E-state index in [9.17, 15) is 8.42 Å². The highest BCUT2D eigenvalue weighted by molar-refractivity contribution is 7.89. The van der Waals surface area contributed by atoms with Crippen LogP contribution < -0.4 is 15.2 Å². The van der Waals surface area contributed by atoms with Crippen LogP contribution >= 0.6 is 0 Å². The van der Waals surface area contributed by atoms with Crippen LogP contribution in [0.25, 0.3) is 0 Å². The molecule has 0 aliphatic carbocycles. The Morgan fingerprint density at radius 2 is 1.90 bits per heavy atom. The predicted molar refractivity (Wildman–Crippen MR) is 80.2 cm³/mol. The molecule has 5 nitrogen and oxygen atoms in total. The molecule has 0 spiro atoms. The van der Waals surface area contributed by atoms with E-state index >= 15 is 0 Å². The minimum Gasteiger partial charge on any atom is -0.495 e. The Bertz CT molecular complexity index is 552. The van der Waals surface area contributed by atoms with Crippen LogP contribution in [0.4, 0.5) is 0 Å². The summed E-state index contributed by atoms with van der Waals surface area (Å²) >= 11 is 0. The molecular formula is C14H24N2O3S. The summed E-state index contributed by atoms with van der Waals surface area (Å²) in [6, 6.07) is 4.89. The molecule has 1 aromatic carbocycles. The standard InChI is InChI=1S/C14H24N2O3S/c1-5-14(3,6-2)16-20(17,18)13-8-7-11(10-15)9-12(13)19-4/h7-9,16H,5-6,10,15H2,1-4H3. The fourth-order valence-electron chi connectivity index (χ4n) is 1.83. The second kappa shape index (κ2) is 6.56. The first-order chi connectivity index (χ1) is 9.31. The molecule has 0 fully saturated rings. The molecule has 0 unspecified atom stereocenters. The number of methoxy groups -OCH3 is 1. The number of hydrogen-bond donors (Lipinski definition) is 2. The molecule has 0 amide bonds. The van der Waals surface area contributed by atoms with Crippen molar-refractivity contribution in [2.24, 2.45) is 5.73 Å². The van der Waals surface area contributed by atoms with Crippen LogP contribution in [0.2, 0.25) is 0 Å². The Hall–Kier alpha value is -1.11. The van der Waals surface area contributed by atoms with Crippen LogP contribution in [0.15, 0.2) is 23.1 Å². The molecule has 0 saturated heterocycles. The summed E-state index contributed by atoms with van der Waals surface area (Å²) in [7, 11) is -2.17. The first kappa shape index (κ1) is 16.9. The monoisotopic (exact) mass is 300 g/mol. The van der Waals surface area contributed by atoms with E-state index in [2.05, 4.69) is 4.72 Å². The van der Waals surface area contributed by atoms with Gasteiger partial charge in [0.15, 0.2) is 0 Å². The summed E-state index contributed by atoms with van der Waals surface area (Å²) in [6.45, 7) is 6.15. The Morgan fingerprint density at radius 3 is 2.35 bits per heavy atom. The summed E-state index contributed by atoms with van der Waals surface area (Å²) in [5.74, 6) is 0.315. The van der Waals surface area contributed by atoms with Gasteiger partial charge in [0, 0.05) is 12.1 Å². The number of nitrogens with two attached hydrogens (primary N) is 1. The normalized spacial score (nSPS) is 12.4. The Morgan fingerprint density at radius 1 is 1.30 bits per heavy atom. The number of benzene rings is 1. The Labute approximate surface area is 121 Å². The number of hydrogen-bond acceptors (Lipinski definition) is 4. The summed E-state index contributed by atoms with van der Waals surface area (Å²) in [5, 5.41) is 0. The number of sulfonamides is 1. The number of ether oxygens (including phenoxy) is 1. The second-order valence-corrected chi connectivity index (χ2v) is 6.71. The lowest BCUT2D eigenvalue weighted by molar-refractivity contribution is 0.382. The highest BCUT2D eigenvalue weighted by Crippen LogP contribution is 2.27. The van der Waals surface area contributed by atoms with Gasteiger partial charge < -0.3 is 10.5 Å². The molecule has 3 N–H and O–H groups in total. The zero-order chi connectivity index (χ0) is 15.4. The van der Waals surface area contributed by atoms with E-state index in [0.717, 1.165) is 5.56 Å². The van der Waals surface area contributed by atoms with Crippen LogP contribution in [-0.2, 0) is 16.6 Å². The van der Waals surface area contributed by atoms with Crippen molar-refractivity contribution in [2.75, 3.05) is 7.11 Å². The first-order valence-electron chi connectivity index (χ1n) is 6.73. The van der Waals surface area contributed by atoms with Crippen molar-refractivity contribution in [1.82, 2.24) is 4.72 Å². The molecule has 0 aliphatic rings. The largest absolute Gasteiger partial charge is 0.495 e. The minimum atomic E-state index is -3.63. The van der Waals surface area contributed by atoms with Crippen molar-refractivity contribution in [3.8, 4) is 5.75 Å². The fraction of sp³-hybridized carbons (Fsp3) is 0.571. The van der Waals surface area contributed by atoms with Gasteiger partial charge in [0.1, 0.15) is 10.6 Å². The van der Waals surface area contributed by atoms with Crippen LogP contribution in [0.1, 0.15) is 39.2 Å². The summed E-state index contributed by atoms with van der Waals surface area (Å²) in [5.41, 5.74) is 5.92. The summed E-state index contributed by atoms with van der Waals surface area (Å²) in [6.07, 6.45) is 1.43. The van der Waals surface area contributed by atoms with Gasteiger partial charge in [0.25, 0.3) is 0 Å². The minimum absolute atomic E-state index is 0.144. The quantitative estimate of drug-likeness (QED) is 0.807. The van der Waals surface area contributed by atoms with Crippen LogP contribution in [0, 0.1) is 0 Å². The molecule has 20 heavy (non-hydrogen) atoms. The van der Waals surface area contributed by atoms with Gasteiger partial charge >= 0.3 is 0 Å². The SMILES string of the molecule is CCC(C)(CC)NS(=O)(=O)c1ccc(CN)cc1OC. The van der Waals surface area contributed by atoms with Crippen molar-refractivity contribution in [2.45, 2.75) is 50.6 Å². The lowest BCUT2D eigenvalue weighted by Gasteiger charge is -2.28. The van der Waals surface area contributed by atoms with E-state index < -0.39 is 15.6 Å². The average molecular weight is 300 g/mol. The van der Waals surface area contributed by atoms with Gasteiger partial charge in [-0.1, -0.05) is 19.9 Å². The lowest BCUT2D eigenvalue weighted by atomic mass is 9.98. The Kier molecular flexibility index (Phi) is 5.56. The van der Waals surface area contributed by atoms with E-state index in [-0.39, 0.29) is 4.90 Å². The molecule has 0 heterocycles. The molecule has 0 aliphatic heterocycles. The van der Waals surface area contributed by atoms with Gasteiger partial charge in [-0.05, 0) is 37.5 Å². The van der Waals surface area contributed by atoms with Gasteiger partial charge in [0.05, 0.1) is 7.11 Å². The van der Waals surface area contributed by atoms with E-state index in [1.54, 1.807) is 12.1 Å². The summed E-state index contributed by atoms with van der Waals surface area (Å²) in [4.78, 5) is 0.144. The molecule has 0 aromatic heterocycles. The molecule has 1 rings (SSSR count). The molecule has 1 aromatic rings. The van der Waals surface area contributed by atoms with Gasteiger partial charge in [-0.15, -0.1) is 0 Å². The fourth-order valence-corrected chi connectivity index (χ4v) is 3.54. The van der Waals surface area contributed by atoms with E-state index in [4.69, 9.17) is 10.5 Å². The van der Waals surface area contributed by atoms with Crippen molar-refractivity contribution in [1.29, 1.82) is 0 Å². The average Bonchev–Trinajstić information content (AvgIpc) is 2.45. The molecule has 0 bridgehead atoms. The maximum atomic E-state index is 12.5. The van der Waals surface area contributed by atoms with Gasteiger partial charge in [-0.2, -0.15) is 0 Å². The molecular weight excluding hydrogens is 276 g/mol. The maximum absolute atomic E-state index is 12.5. The van der Waals surface area contributed by atoms with E-state index in [0.29, 0.717) is 25.1 Å². The number of rotatable bonds is 7. The van der Waals surface area contributed by atoms with Crippen molar-refractivity contribution >= 4 is 10.0 Å². The zero-order valence-electron chi connectivity index (χ0n) is 12.6. The Balaban J connectivity index is 3.22. The summed E-state index contributed by atoms with van der Waals surface area (Å²) < 4.78 is 33.0. The molecule has 114 valence electrons. The van der Waals surface area contributed by atoms with E-state index in [1.807, 2.05) is 20.8 Å². The van der Waals surface area contributed by atoms with Crippen molar-refractivity contribution in [3.05, 3.63) is 23.8 Å².